The molecule has 4 heterocycles. The van der Waals surface area contributed by atoms with Gasteiger partial charge in [-0.1, -0.05) is 17.7 Å². The van der Waals surface area contributed by atoms with Crippen molar-refractivity contribution in [1.29, 1.82) is 0 Å². The fraction of sp³-hybridized carbons (Fsp3) is 0.268. The molecule has 22 heteroatoms. The number of pyridine rings is 1. The Balaban J connectivity index is 1.22. The predicted molar refractivity (Wildman–Crippen MR) is 217 cm³/mol. The highest BCUT2D eigenvalue weighted by Crippen LogP contribution is 2.68. The Bertz CT molecular complexity index is 3160. The summed E-state index contributed by atoms with van der Waals surface area (Å²) in [5.74, 6) is -8.85. The maximum atomic E-state index is 15.5. The summed E-state index contributed by atoms with van der Waals surface area (Å²) >= 11 is 6.62. The first kappa shape index (κ1) is 41.9. The number of halogens is 7. The number of amides is 1. The molecule has 0 saturated heterocycles. The molecule has 1 amide bonds. The van der Waals surface area contributed by atoms with Gasteiger partial charge in [0.05, 0.1) is 50.5 Å². The van der Waals surface area contributed by atoms with E-state index in [9.17, 15) is 35.6 Å². The van der Waals surface area contributed by atoms with Gasteiger partial charge in [-0.25, -0.2) is 31.0 Å². The monoisotopic (exact) mass is 911 g/mol. The number of alkyl halides is 4. The van der Waals surface area contributed by atoms with Crippen LogP contribution in [0.15, 0.2) is 77.7 Å². The summed E-state index contributed by atoms with van der Waals surface area (Å²) in [6, 6.07) is 13.4. The van der Waals surface area contributed by atoms with Gasteiger partial charge in [0.1, 0.15) is 47.7 Å². The SMILES string of the molecule is Cn1nc(NS(C)(=O)=O)c2c(Cl)ccc(-n3c([C@H](Cc4cc(F)cc(F)c4)NC(=O)Cn4nc(C(F)F)c5c4C(F)(F)[C@@H]4C[C@H]54)nc4cc(OCc5ccccn5)ccc4c3=O)c21. The number of aryl methyl sites for hydroxylation is 1. The zero-order valence-corrected chi connectivity index (χ0v) is 34.4. The van der Waals surface area contributed by atoms with E-state index < -0.39 is 87.7 Å². The molecule has 2 aliphatic carbocycles. The zero-order chi connectivity index (χ0) is 44.7. The summed E-state index contributed by atoms with van der Waals surface area (Å²) in [5.41, 5.74) is -2.04. The van der Waals surface area contributed by atoms with E-state index in [0.717, 1.165) is 23.0 Å². The lowest BCUT2D eigenvalue weighted by Crippen LogP contribution is -2.38. The summed E-state index contributed by atoms with van der Waals surface area (Å²) in [5, 5.41) is 10.8. The Morgan fingerprint density at radius 2 is 1.81 bits per heavy atom. The lowest BCUT2D eigenvalue weighted by molar-refractivity contribution is -0.123. The third kappa shape index (κ3) is 7.72. The largest absolute Gasteiger partial charge is 0.487 e. The quantitative estimate of drug-likeness (QED) is 0.116. The van der Waals surface area contributed by atoms with Crippen molar-refractivity contribution in [1.82, 2.24) is 39.4 Å². The van der Waals surface area contributed by atoms with Crippen molar-refractivity contribution in [2.24, 2.45) is 13.0 Å². The van der Waals surface area contributed by atoms with Crippen molar-refractivity contribution >= 4 is 55.2 Å². The van der Waals surface area contributed by atoms with E-state index in [0.29, 0.717) is 16.4 Å². The summed E-state index contributed by atoms with van der Waals surface area (Å²) in [6.07, 6.45) is -1.22. The fourth-order valence-electron chi connectivity index (χ4n) is 8.29. The molecule has 2 aliphatic rings. The topological polar surface area (TPSA) is 168 Å². The van der Waals surface area contributed by atoms with Crippen molar-refractivity contribution in [3.63, 3.8) is 0 Å². The molecule has 9 rings (SSSR count). The van der Waals surface area contributed by atoms with Gasteiger partial charge in [-0.3, -0.25) is 33.2 Å². The number of nitrogens with zero attached hydrogens (tertiary/aromatic N) is 7. The van der Waals surface area contributed by atoms with Crippen LogP contribution in [-0.4, -0.2) is 54.7 Å². The van der Waals surface area contributed by atoms with E-state index in [4.69, 9.17) is 21.3 Å². The number of benzene rings is 3. The van der Waals surface area contributed by atoms with Gasteiger partial charge < -0.3 is 10.1 Å². The molecule has 0 spiro atoms. The fourth-order valence-corrected chi connectivity index (χ4v) is 9.03. The number of carbonyl (C=O) groups excluding carboxylic acids is 1. The molecule has 4 aromatic heterocycles. The average molecular weight is 912 g/mol. The van der Waals surface area contributed by atoms with Crippen LogP contribution in [0, 0.1) is 17.6 Å². The molecule has 0 radical (unpaired) electrons. The second-order valence-corrected chi connectivity index (χ2v) is 17.5. The minimum absolute atomic E-state index is 0.00541. The van der Waals surface area contributed by atoms with Crippen LogP contribution < -0.4 is 20.3 Å². The number of carbonyl (C=O) groups is 1. The normalized spacial score (nSPS) is 16.9. The minimum Gasteiger partial charge on any atom is -0.487 e. The summed E-state index contributed by atoms with van der Waals surface area (Å²) in [6.45, 7) is -0.965. The zero-order valence-electron chi connectivity index (χ0n) is 32.8. The van der Waals surface area contributed by atoms with Crippen LogP contribution >= 0.6 is 11.6 Å². The van der Waals surface area contributed by atoms with E-state index >= 15 is 8.78 Å². The van der Waals surface area contributed by atoms with Crippen molar-refractivity contribution in [2.75, 3.05) is 11.0 Å². The van der Waals surface area contributed by atoms with E-state index in [1.165, 1.54) is 42.1 Å². The van der Waals surface area contributed by atoms with Gasteiger partial charge in [0, 0.05) is 43.3 Å². The maximum Gasteiger partial charge on any atom is 0.293 e. The molecule has 2 N–H and O–H groups in total. The second-order valence-electron chi connectivity index (χ2n) is 15.3. The van der Waals surface area contributed by atoms with E-state index in [1.807, 2.05) is 0 Å². The molecule has 0 aliphatic heterocycles. The van der Waals surface area contributed by atoms with Gasteiger partial charge in [-0.15, -0.1) is 0 Å². The average Bonchev–Trinajstić information content (AvgIpc) is 3.75. The lowest BCUT2D eigenvalue weighted by atomic mass is 10.0. The number of anilines is 1. The first-order chi connectivity index (χ1) is 29.9. The highest BCUT2D eigenvalue weighted by atomic mass is 35.5. The molecule has 63 heavy (non-hydrogen) atoms. The molecule has 1 fully saturated rings. The van der Waals surface area contributed by atoms with Crippen molar-refractivity contribution < 1.29 is 44.3 Å². The number of hydrogen-bond acceptors (Lipinski definition) is 9. The third-order valence-corrected chi connectivity index (χ3v) is 11.8. The van der Waals surface area contributed by atoms with E-state index in [1.54, 1.807) is 24.4 Å². The third-order valence-electron chi connectivity index (χ3n) is 10.9. The molecule has 0 bridgehead atoms. The van der Waals surface area contributed by atoms with Gasteiger partial charge in [0.15, 0.2) is 5.82 Å². The highest BCUT2D eigenvalue weighted by Gasteiger charge is 2.67. The maximum absolute atomic E-state index is 15.5. The van der Waals surface area contributed by atoms with Gasteiger partial charge in [0.2, 0.25) is 15.9 Å². The molecule has 14 nitrogen and oxygen atoms in total. The Hall–Kier alpha value is -6.48. The number of aromatic nitrogens is 7. The molecular formula is C41H32ClF6N9O5S. The van der Waals surface area contributed by atoms with Crippen LogP contribution in [0.25, 0.3) is 27.5 Å². The number of nitrogens with one attached hydrogen (secondary N) is 2. The van der Waals surface area contributed by atoms with Gasteiger partial charge in [-0.05, 0) is 66.4 Å². The van der Waals surface area contributed by atoms with Crippen molar-refractivity contribution in [3.8, 4) is 11.4 Å². The number of fused-ring (bicyclic) bond motifs is 5. The number of ether oxygens (including phenoxy) is 1. The lowest BCUT2D eigenvalue weighted by Gasteiger charge is -2.24. The standard InChI is InChI=1S/C41H32ClF6N9O5S/c1-55-35-30(9-8-27(42)33(35)38(53-55)54-63(2,60)61)57-39(51-28-15-23(6-7-24(28)40(57)59)62-18-22-5-3-4-10-49-22)29(13-19-11-20(43)14-21(44)12-19)50-31(58)17-56-36-32(34(52-56)37(45)46)25-16-26(25)41(36,47)48/h3-12,14-15,25-26,29,37H,13,16-18H2,1-2H3,(H,50,58)(H,53,54)/t25-,26+,29-/m0/s1. The number of rotatable bonds is 13. The number of hydrogen-bond donors (Lipinski definition) is 2. The van der Waals surface area contributed by atoms with Crippen LogP contribution in [0.2, 0.25) is 5.02 Å². The van der Waals surface area contributed by atoms with Crippen molar-refractivity contribution in [2.45, 2.75) is 50.3 Å². The second kappa shape index (κ2) is 15.4. The minimum atomic E-state index is -3.92. The van der Waals surface area contributed by atoms with Crippen molar-refractivity contribution in [3.05, 3.63) is 134 Å². The van der Waals surface area contributed by atoms with Crippen LogP contribution in [-0.2, 0) is 47.4 Å². The van der Waals surface area contributed by atoms with Gasteiger partial charge in [0.25, 0.3) is 17.9 Å². The Kier molecular flexibility index (Phi) is 10.2. The predicted octanol–water partition coefficient (Wildman–Crippen LogP) is 6.99. The van der Waals surface area contributed by atoms with Gasteiger partial charge >= 0.3 is 0 Å². The molecule has 1 saturated carbocycles. The molecule has 0 unspecified atom stereocenters. The summed E-state index contributed by atoms with van der Waals surface area (Å²) in [7, 11) is -2.47. The van der Waals surface area contributed by atoms with E-state index in [-0.39, 0.29) is 74.1 Å². The van der Waals surface area contributed by atoms with E-state index in [2.05, 4.69) is 25.2 Å². The Labute approximate surface area is 357 Å². The van der Waals surface area contributed by atoms with Crippen LogP contribution in [0.1, 0.15) is 58.8 Å². The molecule has 326 valence electrons. The molecule has 3 atom stereocenters. The van der Waals surface area contributed by atoms with Crippen LogP contribution in [0.3, 0.4) is 0 Å². The highest BCUT2D eigenvalue weighted by molar-refractivity contribution is 7.92. The summed E-state index contributed by atoms with van der Waals surface area (Å²) in [4.78, 5) is 38.2. The molecular weight excluding hydrogens is 880 g/mol. The molecule has 3 aromatic carbocycles. The first-order valence-corrected chi connectivity index (χ1v) is 21.4. The van der Waals surface area contributed by atoms with Crippen LogP contribution in [0.4, 0.5) is 32.2 Å². The molecule has 7 aromatic rings. The smallest absolute Gasteiger partial charge is 0.293 e. The Morgan fingerprint density at radius 1 is 1.05 bits per heavy atom. The first-order valence-electron chi connectivity index (χ1n) is 19.1. The number of sulfonamides is 1. The van der Waals surface area contributed by atoms with Gasteiger partial charge in [-0.2, -0.15) is 19.0 Å². The Morgan fingerprint density at radius 3 is 2.51 bits per heavy atom. The summed E-state index contributed by atoms with van der Waals surface area (Å²) < 4.78 is 125. The van der Waals surface area contributed by atoms with Crippen LogP contribution in [0.5, 0.6) is 5.75 Å².